The highest BCUT2D eigenvalue weighted by atomic mass is 32.2. The number of ether oxygens (including phenoxy) is 3. The molecule has 2 aromatic carbocycles. The van der Waals surface area contributed by atoms with E-state index in [4.69, 9.17) is 14.2 Å². The van der Waals surface area contributed by atoms with E-state index in [0.29, 0.717) is 24.7 Å². The van der Waals surface area contributed by atoms with Crippen molar-refractivity contribution in [2.75, 3.05) is 45.3 Å². The number of carbonyl (C=O) groups excluding carboxylic acids is 2. The van der Waals surface area contributed by atoms with E-state index in [2.05, 4.69) is 19.2 Å². The summed E-state index contributed by atoms with van der Waals surface area (Å²) in [6.07, 6.45) is 0. The van der Waals surface area contributed by atoms with Crippen LogP contribution in [0.1, 0.15) is 35.7 Å². The quantitative estimate of drug-likeness (QED) is 0.583. The largest absolute Gasteiger partial charge is 0.495 e. The number of nitrogens with one attached hydrogen (secondary N) is 1. The van der Waals surface area contributed by atoms with Gasteiger partial charge in [-0.1, -0.05) is 26.0 Å². The summed E-state index contributed by atoms with van der Waals surface area (Å²) < 4.78 is 42.9. The molecule has 3 rings (SSSR count). The predicted octanol–water partition coefficient (Wildman–Crippen LogP) is 2.64. The van der Waals surface area contributed by atoms with E-state index < -0.39 is 28.5 Å². The number of anilines is 1. The molecule has 0 unspecified atom stereocenters. The minimum atomic E-state index is -3.84. The number of esters is 1. The minimum Gasteiger partial charge on any atom is -0.495 e. The van der Waals surface area contributed by atoms with Gasteiger partial charge in [-0.2, -0.15) is 4.31 Å². The van der Waals surface area contributed by atoms with Crippen molar-refractivity contribution in [1.82, 2.24) is 4.31 Å². The van der Waals surface area contributed by atoms with Gasteiger partial charge in [0.05, 0.1) is 25.9 Å². The topological polar surface area (TPSA) is 111 Å². The van der Waals surface area contributed by atoms with Crippen LogP contribution in [0.3, 0.4) is 0 Å². The lowest BCUT2D eigenvalue weighted by atomic mass is 10.0. The molecule has 1 heterocycles. The second kappa shape index (κ2) is 10.8. The Hall–Kier alpha value is -2.95. The Morgan fingerprint density at radius 2 is 1.76 bits per heavy atom. The molecule has 1 aliphatic heterocycles. The van der Waals surface area contributed by atoms with Crippen molar-refractivity contribution in [3.05, 3.63) is 53.6 Å². The van der Waals surface area contributed by atoms with Gasteiger partial charge in [-0.05, 0) is 41.8 Å². The average Bonchev–Trinajstić information content (AvgIpc) is 2.83. The lowest BCUT2D eigenvalue weighted by molar-refractivity contribution is -0.119. The number of morpholine rings is 1. The van der Waals surface area contributed by atoms with Crippen molar-refractivity contribution in [3.8, 4) is 5.75 Å². The number of nitrogens with zero attached hydrogens (tertiary/aromatic N) is 1. The third-order valence-corrected chi connectivity index (χ3v) is 7.10. The molecule has 0 aliphatic carbocycles. The smallest absolute Gasteiger partial charge is 0.338 e. The van der Waals surface area contributed by atoms with Crippen LogP contribution in [0.15, 0.2) is 47.4 Å². The van der Waals surface area contributed by atoms with Crippen molar-refractivity contribution >= 4 is 27.6 Å². The van der Waals surface area contributed by atoms with Gasteiger partial charge in [0.15, 0.2) is 6.61 Å². The maximum absolute atomic E-state index is 13.1. The molecule has 0 saturated carbocycles. The maximum atomic E-state index is 13.1. The van der Waals surface area contributed by atoms with Gasteiger partial charge in [-0.15, -0.1) is 0 Å². The summed E-state index contributed by atoms with van der Waals surface area (Å²) in [6.45, 7) is 4.67. The number of sulfonamides is 1. The van der Waals surface area contributed by atoms with Crippen molar-refractivity contribution in [2.45, 2.75) is 24.7 Å². The lowest BCUT2D eigenvalue weighted by Gasteiger charge is -2.26. The van der Waals surface area contributed by atoms with Gasteiger partial charge in [0.25, 0.3) is 5.91 Å². The summed E-state index contributed by atoms with van der Waals surface area (Å²) in [7, 11) is -2.47. The number of carbonyl (C=O) groups is 2. The Bertz CT molecular complexity index is 1090. The van der Waals surface area contributed by atoms with Gasteiger partial charge in [0.1, 0.15) is 10.6 Å². The number of amides is 1. The molecular weight excluding hydrogens is 448 g/mol. The first-order valence-corrected chi connectivity index (χ1v) is 12.0. The van der Waals surface area contributed by atoms with E-state index in [-0.39, 0.29) is 29.4 Å². The third-order valence-electron chi connectivity index (χ3n) is 5.18. The standard InChI is InChI=1S/C23H28N2O7S/c1-16(2)17-4-6-18(7-5-17)23(27)32-15-22(26)24-19-8-9-20(30-3)21(14-19)33(28,29)25-10-12-31-13-11-25/h4-9,14,16H,10-13,15H2,1-3H3,(H,24,26). The highest BCUT2D eigenvalue weighted by Crippen LogP contribution is 2.30. The fourth-order valence-corrected chi connectivity index (χ4v) is 4.89. The molecule has 0 atom stereocenters. The van der Waals surface area contributed by atoms with Gasteiger partial charge in [-0.25, -0.2) is 13.2 Å². The Balaban J connectivity index is 1.66. The van der Waals surface area contributed by atoms with Gasteiger partial charge >= 0.3 is 5.97 Å². The molecule has 0 spiro atoms. The van der Waals surface area contributed by atoms with Gasteiger partial charge in [-0.3, -0.25) is 4.79 Å². The summed E-state index contributed by atoms with van der Waals surface area (Å²) >= 11 is 0. The summed E-state index contributed by atoms with van der Waals surface area (Å²) in [5.41, 5.74) is 1.67. The normalized spacial score (nSPS) is 14.7. The molecule has 9 nitrogen and oxygen atoms in total. The van der Waals surface area contributed by atoms with E-state index in [0.717, 1.165) is 5.56 Å². The summed E-state index contributed by atoms with van der Waals surface area (Å²) in [5.74, 6) is -0.717. The zero-order chi connectivity index (χ0) is 24.0. The molecule has 1 aliphatic rings. The molecule has 10 heteroatoms. The molecule has 178 valence electrons. The monoisotopic (exact) mass is 476 g/mol. The summed E-state index contributed by atoms with van der Waals surface area (Å²) in [4.78, 5) is 24.5. The minimum absolute atomic E-state index is 0.0630. The molecule has 1 N–H and O–H groups in total. The van der Waals surface area contributed by atoms with Crippen LogP contribution in [-0.4, -0.2) is 64.6 Å². The van der Waals surface area contributed by atoms with Crippen molar-refractivity contribution < 1.29 is 32.2 Å². The Morgan fingerprint density at radius 1 is 1.09 bits per heavy atom. The summed E-state index contributed by atoms with van der Waals surface area (Å²) in [5, 5.41) is 2.56. The predicted molar refractivity (Wildman–Crippen MR) is 122 cm³/mol. The molecule has 0 bridgehead atoms. The zero-order valence-corrected chi connectivity index (χ0v) is 19.7. The second-order valence-electron chi connectivity index (χ2n) is 7.78. The van der Waals surface area contributed by atoms with Crippen LogP contribution in [0.25, 0.3) is 0 Å². The SMILES string of the molecule is COc1ccc(NC(=O)COC(=O)c2ccc(C(C)C)cc2)cc1S(=O)(=O)N1CCOCC1. The Labute approximate surface area is 193 Å². The third kappa shape index (κ3) is 6.10. The average molecular weight is 477 g/mol. The Morgan fingerprint density at radius 3 is 2.36 bits per heavy atom. The number of methoxy groups -OCH3 is 1. The van der Waals surface area contributed by atoms with E-state index in [1.165, 1.54) is 29.6 Å². The van der Waals surface area contributed by atoms with E-state index in [9.17, 15) is 18.0 Å². The molecular formula is C23H28N2O7S. The second-order valence-corrected chi connectivity index (χ2v) is 9.69. The first kappa shape index (κ1) is 24.7. The highest BCUT2D eigenvalue weighted by molar-refractivity contribution is 7.89. The molecule has 0 radical (unpaired) electrons. The van der Waals surface area contributed by atoms with Crippen molar-refractivity contribution in [2.24, 2.45) is 0 Å². The summed E-state index contributed by atoms with van der Waals surface area (Å²) in [6, 6.07) is 11.3. The van der Waals surface area contributed by atoms with E-state index in [1.54, 1.807) is 12.1 Å². The van der Waals surface area contributed by atoms with Crippen LogP contribution in [0.2, 0.25) is 0 Å². The van der Waals surface area contributed by atoms with Crippen molar-refractivity contribution in [1.29, 1.82) is 0 Å². The molecule has 1 fully saturated rings. The number of rotatable bonds is 8. The van der Waals surface area contributed by atoms with Crippen LogP contribution in [-0.2, 0) is 24.3 Å². The van der Waals surface area contributed by atoms with Crippen LogP contribution in [0.4, 0.5) is 5.69 Å². The van der Waals surface area contributed by atoms with Gasteiger partial charge in [0, 0.05) is 18.8 Å². The van der Waals surface area contributed by atoms with Crippen LogP contribution in [0, 0.1) is 0 Å². The van der Waals surface area contributed by atoms with Crippen LogP contribution < -0.4 is 10.1 Å². The maximum Gasteiger partial charge on any atom is 0.338 e. The molecule has 0 aromatic heterocycles. The van der Waals surface area contributed by atoms with Gasteiger partial charge in [0.2, 0.25) is 10.0 Å². The fourth-order valence-electron chi connectivity index (χ4n) is 3.30. The van der Waals surface area contributed by atoms with Crippen LogP contribution in [0.5, 0.6) is 5.75 Å². The first-order valence-electron chi connectivity index (χ1n) is 10.5. The highest BCUT2D eigenvalue weighted by Gasteiger charge is 2.29. The van der Waals surface area contributed by atoms with E-state index >= 15 is 0 Å². The molecule has 1 amide bonds. The van der Waals surface area contributed by atoms with Gasteiger partial charge < -0.3 is 19.5 Å². The van der Waals surface area contributed by atoms with Crippen LogP contribution >= 0.6 is 0 Å². The first-order chi connectivity index (χ1) is 15.7. The molecule has 33 heavy (non-hydrogen) atoms. The number of hydrogen-bond acceptors (Lipinski definition) is 7. The molecule has 2 aromatic rings. The molecule has 1 saturated heterocycles. The van der Waals surface area contributed by atoms with E-state index in [1.807, 2.05) is 12.1 Å². The fraction of sp³-hybridized carbons (Fsp3) is 0.391. The van der Waals surface area contributed by atoms with Crippen molar-refractivity contribution in [3.63, 3.8) is 0 Å². The number of benzene rings is 2. The lowest BCUT2D eigenvalue weighted by Crippen LogP contribution is -2.40. The Kier molecular flexibility index (Phi) is 8.06. The zero-order valence-electron chi connectivity index (χ0n) is 18.9. The number of hydrogen-bond donors (Lipinski definition) is 1.